The number of hydrazone groups is 1. The fourth-order valence-corrected chi connectivity index (χ4v) is 1.53. The van der Waals surface area contributed by atoms with E-state index < -0.39 is 11.9 Å². The molecule has 0 spiro atoms. The second-order valence-electron chi connectivity index (χ2n) is 4.67. The van der Waals surface area contributed by atoms with Crippen LogP contribution >= 0.6 is 0 Å². The van der Waals surface area contributed by atoms with Crippen molar-refractivity contribution in [2.45, 2.75) is 45.4 Å². The van der Waals surface area contributed by atoms with Gasteiger partial charge in [0.25, 0.3) is 0 Å². The van der Waals surface area contributed by atoms with Crippen molar-refractivity contribution in [1.29, 1.82) is 0 Å². The van der Waals surface area contributed by atoms with Gasteiger partial charge in [-0.3, -0.25) is 4.79 Å². The van der Waals surface area contributed by atoms with Crippen LogP contribution in [-0.2, 0) is 19.1 Å². The Bertz CT molecular complexity index is 396. The highest BCUT2D eigenvalue weighted by molar-refractivity contribution is 5.93. The highest BCUT2D eigenvalue weighted by Gasteiger charge is 2.14. The summed E-state index contributed by atoms with van der Waals surface area (Å²) in [6.07, 6.45) is 4.14. The van der Waals surface area contributed by atoms with E-state index in [9.17, 15) is 9.59 Å². The molecule has 0 aromatic rings. The molecule has 5 N–H and O–H groups in total. The Morgan fingerprint density at radius 1 is 1.18 bits per heavy atom. The predicted molar refractivity (Wildman–Crippen MR) is 83.4 cm³/mol. The maximum Gasteiger partial charge on any atom is 0.334 e. The quantitative estimate of drug-likeness (QED) is 0.0974. The smallest absolute Gasteiger partial charge is 0.334 e. The Kier molecular flexibility index (Phi) is 11.4. The van der Waals surface area contributed by atoms with Gasteiger partial charge in [-0.2, -0.15) is 5.10 Å². The minimum atomic E-state index is -0.656. The van der Waals surface area contributed by atoms with Crippen LogP contribution in [0.15, 0.2) is 17.3 Å². The molecule has 8 nitrogen and oxygen atoms in total. The van der Waals surface area contributed by atoms with E-state index in [-0.39, 0.29) is 25.0 Å². The number of hydrogen-bond donors (Lipinski definition) is 3. The number of unbranched alkanes of at least 4 members (excludes halogenated alkanes) is 3. The molecular weight excluding hydrogens is 288 g/mol. The van der Waals surface area contributed by atoms with Gasteiger partial charge in [0, 0.05) is 12.0 Å². The second kappa shape index (κ2) is 12.6. The lowest BCUT2D eigenvalue weighted by molar-refractivity contribution is -0.146. The van der Waals surface area contributed by atoms with Crippen LogP contribution in [0.3, 0.4) is 0 Å². The monoisotopic (exact) mass is 314 g/mol. The Balaban J connectivity index is 3.85. The number of hydrogen-bond acceptors (Lipinski definition) is 7. The van der Waals surface area contributed by atoms with E-state index >= 15 is 0 Å². The number of nitrogens with one attached hydrogen (secondary N) is 1. The molecule has 0 bridgehead atoms. The third-order valence-corrected chi connectivity index (χ3v) is 2.80. The maximum absolute atomic E-state index is 11.6. The van der Waals surface area contributed by atoms with Crippen LogP contribution in [0.5, 0.6) is 0 Å². The summed E-state index contributed by atoms with van der Waals surface area (Å²) >= 11 is 0. The van der Waals surface area contributed by atoms with Gasteiger partial charge in [-0.15, -0.1) is 0 Å². The zero-order valence-corrected chi connectivity index (χ0v) is 13.1. The largest absolute Gasteiger partial charge is 0.465 e. The van der Waals surface area contributed by atoms with E-state index in [1.54, 1.807) is 0 Å². The summed E-state index contributed by atoms with van der Waals surface area (Å²) in [5, 5.41) is 3.34. The molecule has 0 aliphatic heterocycles. The molecular formula is C14H26N4O4. The SMILES string of the molecule is C=C(CC(=O)OCCCCCC)C(=O)OCC/C(=N/N)NN. The fraction of sp³-hybridized carbons (Fsp3) is 0.643. The molecule has 0 aliphatic rings. The fourth-order valence-electron chi connectivity index (χ4n) is 1.53. The van der Waals surface area contributed by atoms with Crippen LogP contribution in [0.25, 0.3) is 0 Å². The number of amidine groups is 1. The van der Waals surface area contributed by atoms with Gasteiger partial charge in [-0.25, -0.2) is 10.6 Å². The van der Waals surface area contributed by atoms with Crippen LogP contribution in [-0.4, -0.2) is 31.0 Å². The van der Waals surface area contributed by atoms with Crippen LogP contribution < -0.4 is 17.1 Å². The first-order valence-electron chi connectivity index (χ1n) is 7.29. The van der Waals surface area contributed by atoms with Crippen LogP contribution in [0.2, 0.25) is 0 Å². The van der Waals surface area contributed by atoms with Crippen molar-refractivity contribution in [1.82, 2.24) is 5.43 Å². The van der Waals surface area contributed by atoms with E-state index in [1.807, 2.05) is 0 Å². The standard InChI is InChI=1S/C14H26N4O4/c1-3-4-5-6-8-21-13(19)10-11(2)14(20)22-9-7-12(17-15)18-16/h2-10,15-16H2,1H3,(H,17,18). The van der Waals surface area contributed by atoms with Crippen molar-refractivity contribution in [3.63, 3.8) is 0 Å². The summed E-state index contributed by atoms with van der Waals surface area (Å²) in [6, 6.07) is 0. The van der Waals surface area contributed by atoms with E-state index in [2.05, 4.69) is 24.0 Å². The zero-order valence-electron chi connectivity index (χ0n) is 13.1. The number of nitrogens with two attached hydrogens (primary N) is 2. The second-order valence-corrected chi connectivity index (χ2v) is 4.67. The molecule has 0 saturated carbocycles. The Morgan fingerprint density at radius 2 is 1.91 bits per heavy atom. The lowest BCUT2D eigenvalue weighted by atomic mass is 10.2. The third kappa shape index (κ3) is 9.76. The van der Waals surface area contributed by atoms with Gasteiger partial charge in [0.05, 0.1) is 19.6 Å². The lowest BCUT2D eigenvalue weighted by Gasteiger charge is -2.08. The minimum absolute atomic E-state index is 0.0319. The summed E-state index contributed by atoms with van der Waals surface area (Å²) in [4.78, 5) is 23.1. The molecule has 126 valence electrons. The number of carbonyl (C=O) groups is 2. The van der Waals surface area contributed by atoms with E-state index in [1.165, 1.54) is 0 Å². The first kappa shape index (κ1) is 19.9. The van der Waals surface area contributed by atoms with E-state index in [4.69, 9.17) is 21.2 Å². The highest BCUT2D eigenvalue weighted by Crippen LogP contribution is 2.05. The molecule has 0 fully saturated rings. The van der Waals surface area contributed by atoms with Gasteiger partial charge in [0.2, 0.25) is 0 Å². The normalized spacial score (nSPS) is 10.9. The zero-order chi connectivity index (χ0) is 16.8. The van der Waals surface area contributed by atoms with Gasteiger partial charge in [-0.05, 0) is 6.42 Å². The molecule has 0 aromatic carbocycles. The number of esters is 2. The first-order valence-corrected chi connectivity index (χ1v) is 7.29. The van der Waals surface area contributed by atoms with Gasteiger partial charge >= 0.3 is 11.9 Å². The summed E-state index contributed by atoms with van der Waals surface area (Å²) in [5.74, 6) is 9.31. The average Bonchev–Trinajstić information content (AvgIpc) is 2.51. The number of nitrogens with zero attached hydrogens (tertiary/aromatic N) is 1. The van der Waals surface area contributed by atoms with Gasteiger partial charge in [0.15, 0.2) is 0 Å². The van der Waals surface area contributed by atoms with Gasteiger partial charge in [-0.1, -0.05) is 32.8 Å². The number of ether oxygens (including phenoxy) is 2. The Labute approximate surface area is 130 Å². The summed E-state index contributed by atoms with van der Waals surface area (Å²) < 4.78 is 9.94. The summed E-state index contributed by atoms with van der Waals surface area (Å²) in [7, 11) is 0. The molecule has 0 atom stereocenters. The number of carbonyl (C=O) groups excluding carboxylic acids is 2. The lowest BCUT2D eigenvalue weighted by Crippen LogP contribution is -2.32. The summed E-state index contributed by atoms with van der Waals surface area (Å²) in [5.41, 5.74) is 2.31. The van der Waals surface area contributed by atoms with Gasteiger partial charge < -0.3 is 20.7 Å². The first-order chi connectivity index (χ1) is 10.5. The van der Waals surface area contributed by atoms with E-state index in [0.717, 1.165) is 25.7 Å². The van der Waals surface area contributed by atoms with Crippen molar-refractivity contribution in [2.75, 3.05) is 13.2 Å². The highest BCUT2D eigenvalue weighted by atomic mass is 16.5. The summed E-state index contributed by atoms with van der Waals surface area (Å²) in [6.45, 7) is 6.02. The van der Waals surface area contributed by atoms with Crippen molar-refractivity contribution in [2.24, 2.45) is 16.8 Å². The van der Waals surface area contributed by atoms with Crippen LogP contribution in [0.1, 0.15) is 45.4 Å². The van der Waals surface area contributed by atoms with Crippen molar-refractivity contribution < 1.29 is 19.1 Å². The number of rotatable bonds is 11. The molecule has 0 aromatic heterocycles. The maximum atomic E-state index is 11.6. The Hall–Kier alpha value is -2.09. The predicted octanol–water partition coefficient (Wildman–Crippen LogP) is 0.725. The molecule has 0 aliphatic carbocycles. The topological polar surface area (TPSA) is 129 Å². The van der Waals surface area contributed by atoms with Crippen molar-refractivity contribution in [3.8, 4) is 0 Å². The van der Waals surface area contributed by atoms with Crippen molar-refractivity contribution in [3.05, 3.63) is 12.2 Å². The molecule has 0 saturated heterocycles. The van der Waals surface area contributed by atoms with E-state index in [0.29, 0.717) is 12.4 Å². The average molecular weight is 314 g/mol. The molecule has 0 rings (SSSR count). The molecule has 0 amide bonds. The number of hydrazine groups is 1. The Morgan fingerprint density at radius 3 is 2.50 bits per heavy atom. The molecule has 8 heteroatoms. The third-order valence-electron chi connectivity index (χ3n) is 2.80. The minimum Gasteiger partial charge on any atom is -0.465 e. The van der Waals surface area contributed by atoms with Crippen LogP contribution in [0.4, 0.5) is 0 Å². The van der Waals surface area contributed by atoms with Gasteiger partial charge in [0.1, 0.15) is 5.84 Å². The molecule has 0 unspecified atom stereocenters. The van der Waals surface area contributed by atoms with Crippen molar-refractivity contribution >= 4 is 17.8 Å². The molecule has 0 radical (unpaired) electrons. The molecule has 22 heavy (non-hydrogen) atoms. The van der Waals surface area contributed by atoms with Crippen LogP contribution in [0, 0.1) is 0 Å². The molecule has 0 heterocycles.